The maximum absolute atomic E-state index is 12.4. The number of amides is 1. The van der Waals surface area contributed by atoms with Crippen LogP contribution in [0, 0.1) is 11.8 Å². The zero-order valence-corrected chi connectivity index (χ0v) is 12.6. The van der Waals surface area contributed by atoms with Crippen LogP contribution in [0.25, 0.3) is 0 Å². The van der Waals surface area contributed by atoms with Crippen molar-refractivity contribution in [2.75, 3.05) is 19.7 Å². The Bertz CT molecular complexity index is 519. The van der Waals surface area contributed by atoms with E-state index in [1.165, 1.54) is 11.3 Å². The minimum atomic E-state index is 0.0483. The number of ether oxygens (including phenoxy) is 1. The molecule has 1 saturated heterocycles. The molecule has 0 spiro atoms. The van der Waals surface area contributed by atoms with Crippen LogP contribution in [0.4, 0.5) is 0 Å². The van der Waals surface area contributed by atoms with Crippen LogP contribution in [0.3, 0.4) is 0 Å². The molecule has 5 heteroatoms. The summed E-state index contributed by atoms with van der Waals surface area (Å²) in [6.45, 7) is 5.29. The number of aliphatic hydroxyl groups is 1. The minimum absolute atomic E-state index is 0.0483. The summed E-state index contributed by atoms with van der Waals surface area (Å²) in [5.41, 5.74) is 0. The number of hydrogen-bond acceptors (Lipinski definition) is 4. The lowest BCUT2D eigenvalue weighted by Crippen LogP contribution is -2.48. The second-order valence-electron chi connectivity index (χ2n) is 4.91. The summed E-state index contributed by atoms with van der Waals surface area (Å²) in [7, 11) is 0. The predicted molar refractivity (Wildman–Crippen MR) is 78.8 cm³/mol. The van der Waals surface area contributed by atoms with Crippen molar-refractivity contribution in [2.45, 2.75) is 32.5 Å². The molecule has 4 nitrogen and oxygen atoms in total. The van der Waals surface area contributed by atoms with Crippen LogP contribution in [0.2, 0.25) is 0 Å². The topological polar surface area (TPSA) is 49.8 Å². The van der Waals surface area contributed by atoms with Crippen molar-refractivity contribution in [1.29, 1.82) is 0 Å². The van der Waals surface area contributed by atoms with Crippen LogP contribution < -0.4 is 0 Å². The third-order valence-electron chi connectivity index (χ3n) is 2.97. The Kier molecular flexibility index (Phi) is 5.18. The van der Waals surface area contributed by atoms with Gasteiger partial charge in [0, 0.05) is 19.5 Å². The number of morpholine rings is 1. The Hall–Kier alpha value is -1.35. The van der Waals surface area contributed by atoms with Gasteiger partial charge in [-0.2, -0.15) is 0 Å². The van der Waals surface area contributed by atoms with Gasteiger partial charge in [-0.1, -0.05) is 11.8 Å². The second-order valence-corrected chi connectivity index (χ2v) is 5.99. The highest BCUT2D eigenvalue weighted by atomic mass is 32.1. The first-order valence-electron chi connectivity index (χ1n) is 6.74. The lowest BCUT2D eigenvalue weighted by atomic mass is 10.2. The first-order chi connectivity index (χ1) is 9.60. The molecule has 1 amide bonds. The number of aliphatic hydroxyl groups excluding tert-OH is 1. The summed E-state index contributed by atoms with van der Waals surface area (Å²) in [6.07, 6.45) is 0.609. The number of hydrogen-bond donors (Lipinski definition) is 1. The Morgan fingerprint density at radius 1 is 1.45 bits per heavy atom. The average Bonchev–Trinajstić information content (AvgIpc) is 2.86. The second kappa shape index (κ2) is 6.89. The Labute approximate surface area is 123 Å². The van der Waals surface area contributed by atoms with Gasteiger partial charge in [0.1, 0.15) is 0 Å². The first kappa shape index (κ1) is 15.0. The monoisotopic (exact) mass is 293 g/mol. The molecule has 2 atom stereocenters. The maximum atomic E-state index is 12.4. The van der Waals surface area contributed by atoms with Gasteiger partial charge in [0.15, 0.2) is 0 Å². The molecule has 0 aliphatic carbocycles. The molecular formula is C15H19NO3S. The standard InChI is InChI=1S/C15H19NO3S/c1-11-9-16(10-12(2)19-11)15(18)14-7-6-13(20-14)5-3-4-8-17/h6-7,11-12,17H,4,8-10H2,1-2H3. The van der Waals surface area contributed by atoms with E-state index < -0.39 is 0 Å². The molecule has 1 fully saturated rings. The lowest BCUT2D eigenvalue weighted by molar-refractivity contribution is -0.0585. The quantitative estimate of drug-likeness (QED) is 0.845. The van der Waals surface area contributed by atoms with Crippen molar-refractivity contribution in [3.63, 3.8) is 0 Å². The largest absolute Gasteiger partial charge is 0.395 e. The number of thiophene rings is 1. The zero-order valence-electron chi connectivity index (χ0n) is 11.8. The fourth-order valence-electron chi connectivity index (χ4n) is 2.23. The summed E-state index contributed by atoms with van der Waals surface area (Å²) in [4.78, 5) is 15.8. The molecule has 1 aliphatic rings. The van der Waals surface area contributed by atoms with Crippen LogP contribution in [-0.4, -0.2) is 47.8 Å². The van der Waals surface area contributed by atoms with Gasteiger partial charge >= 0.3 is 0 Å². The summed E-state index contributed by atoms with van der Waals surface area (Å²) in [5.74, 6) is 5.87. The van der Waals surface area contributed by atoms with E-state index in [0.29, 0.717) is 24.4 Å². The highest BCUT2D eigenvalue weighted by molar-refractivity contribution is 7.14. The average molecular weight is 293 g/mol. The molecule has 2 rings (SSSR count). The van der Waals surface area contributed by atoms with E-state index in [0.717, 1.165) is 4.88 Å². The summed E-state index contributed by atoms with van der Waals surface area (Å²) in [5, 5.41) is 8.69. The van der Waals surface area contributed by atoms with Crippen LogP contribution >= 0.6 is 11.3 Å². The SMILES string of the molecule is CC1CN(C(=O)c2ccc(C#CCCO)s2)CC(C)O1. The number of rotatable bonds is 2. The van der Waals surface area contributed by atoms with E-state index >= 15 is 0 Å². The van der Waals surface area contributed by atoms with Crippen molar-refractivity contribution in [2.24, 2.45) is 0 Å². The fraction of sp³-hybridized carbons (Fsp3) is 0.533. The van der Waals surface area contributed by atoms with Gasteiger partial charge in [-0.05, 0) is 26.0 Å². The number of carbonyl (C=O) groups excluding carboxylic acids is 1. The molecule has 108 valence electrons. The van der Waals surface area contributed by atoms with Crippen molar-refractivity contribution >= 4 is 17.2 Å². The Morgan fingerprint density at radius 2 is 2.15 bits per heavy atom. The maximum Gasteiger partial charge on any atom is 0.264 e. The summed E-state index contributed by atoms with van der Waals surface area (Å²) in [6, 6.07) is 3.68. The van der Waals surface area contributed by atoms with Gasteiger partial charge in [0.25, 0.3) is 5.91 Å². The number of nitrogens with zero attached hydrogens (tertiary/aromatic N) is 1. The van der Waals surface area contributed by atoms with Gasteiger partial charge in [0.05, 0.1) is 28.6 Å². The van der Waals surface area contributed by atoms with E-state index in [1.54, 1.807) is 0 Å². The molecule has 1 aromatic heterocycles. The molecule has 2 heterocycles. The molecule has 1 aromatic rings. The number of carbonyl (C=O) groups is 1. The van der Waals surface area contributed by atoms with Crippen molar-refractivity contribution < 1.29 is 14.6 Å². The van der Waals surface area contributed by atoms with Crippen molar-refractivity contribution in [3.05, 3.63) is 21.9 Å². The Balaban J connectivity index is 2.04. The van der Waals surface area contributed by atoms with E-state index in [4.69, 9.17) is 9.84 Å². The molecule has 0 saturated carbocycles. The van der Waals surface area contributed by atoms with Gasteiger partial charge in [0.2, 0.25) is 0 Å². The molecule has 0 radical (unpaired) electrons. The first-order valence-corrected chi connectivity index (χ1v) is 7.56. The van der Waals surface area contributed by atoms with E-state index in [9.17, 15) is 4.79 Å². The van der Waals surface area contributed by atoms with Gasteiger partial charge in [-0.3, -0.25) is 4.79 Å². The van der Waals surface area contributed by atoms with Gasteiger partial charge < -0.3 is 14.7 Å². The van der Waals surface area contributed by atoms with Crippen LogP contribution in [0.5, 0.6) is 0 Å². The van der Waals surface area contributed by atoms with Crippen molar-refractivity contribution in [1.82, 2.24) is 4.90 Å². The third-order valence-corrected chi connectivity index (χ3v) is 3.96. The van der Waals surface area contributed by atoms with Gasteiger partial charge in [-0.25, -0.2) is 0 Å². The molecule has 0 bridgehead atoms. The molecule has 0 aromatic carbocycles. The third kappa shape index (κ3) is 3.83. The summed E-state index contributed by atoms with van der Waals surface area (Å²) >= 11 is 1.40. The molecule has 20 heavy (non-hydrogen) atoms. The van der Waals surface area contributed by atoms with E-state index in [2.05, 4.69) is 11.8 Å². The molecule has 2 unspecified atom stereocenters. The molecule has 1 N–H and O–H groups in total. The Morgan fingerprint density at radius 3 is 2.80 bits per heavy atom. The molecule has 1 aliphatic heterocycles. The summed E-state index contributed by atoms with van der Waals surface area (Å²) < 4.78 is 5.64. The van der Waals surface area contributed by atoms with E-state index in [-0.39, 0.29) is 24.7 Å². The molecular weight excluding hydrogens is 274 g/mol. The van der Waals surface area contributed by atoms with Crippen LogP contribution in [0.15, 0.2) is 12.1 Å². The normalized spacial score (nSPS) is 22.2. The highest BCUT2D eigenvalue weighted by Crippen LogP contribution is 2.20. The smallest absolute Gasteiger partial charge is 0.264 e. The van der Waals surface area contributed by atoms with Crippen molar-refractivity contribution in [3.8, 4) is 11.8 Å². The zero-order chi connectivity index (χ0) is 14.5. The van der Waals surface area contributed by atoms with Gasteiger partial charge in [-0.15, -0.1) is 11.3 Å². The fourth-order valence-corrected chi connectivity index (χ4v) is 3.07. The lowest BCUT2D eigenvalue weighted by Gasteiger charge is -2.35. The van der Waals surface area contributed by atoms with Crippen LogP contribution in [-0.2, 0) is 4.74 Å². The van der Waals surface area contributed by atoms with E-state index in [1.807, 2.05) is 30.9 Å². The minimum Gasteiger partial charge on any atom is -0.395 e. The van der Waals surface area contributed by atoms with Crippen LogP contribution in [0.1, 0.15) is 34.8 Å². The predicted octanol–water partition coefficient (Wildman–Crippen LogP) is 1.73. The highest BCUT2D eigenvalue weighted by Gasteiger charge is 2.27.